The molecular weight excluding hydrogens is 406 g/mol. The summed E-state index contributed by atoms with van der Waals surface area (Å²) in [5, 5.41) is 0. The van der Waals surface area contributed by atoms with E-state index in [1.54, 1.807) is 12.1 Å². The van der Waals surface area contributed by atoms with E-state index in [9.17, 15) is 4.39 Å². The Balaban J connectivity index is 2.13. The van der Waals surface area contributed by atoms with E-state index in [0.717, 1.165) is 4.90 Å². The molecule has 0 radical (unpaired) electrons. The SMILES string of the molecule is Cc1ccc([S+](c2ccc(I)cc2)c2cccc(F)c2)cc1. The molecule has 0 saturated heterocycles. The number of aryl methyl sites for hydroxylation is 1. The van der Waals surface area contributed by atoms with E-state index < -0.39 is 0 Å². The maximum Gasteiger partial charge on any atom is 0.169 e. The Morgan fingerprint density at radius 3 is 1.95 bits per heavy atom. The summed E-state index contributed by atoms with van der Waals surface area (Å²) in [5.74, 6) is -0.187. The van der Waals surface area contributed by atoms with Gasteiger partial charge < -0.3 is 0 Å². The summed E-state index contributed by atoms with van der Waals surface area (Å²) < 4.78 is 14.9. The first-order valence-corrected chi connectivity index (χ1v) is 9.26. The summed E-state index contributed by atoms with van der Waals surface area (Å²) in [6.45, 7) is 2.08. The van der Waals surface area contributed by atoms with Crippen molar-refractivity contribution in [1.82, 2.24) is 0 Å². The first kappa shape index (κ1) is 15.6. The maximum absolute atomic E-state index is 13.7. The molecule has 1 unspecified atom stereocenters. The molecule has 0 N–H and O–H groups in total. The van der Waals surface area contributed by atoms with Crippen molar-refractivity contribution in [3.8, 4) is 0 Å². The van der Waals surface area contributed by atoms with Gasteiger partial charge in [-0.25, -0.2) is 4.39 Å². The van der Waals surface area contributed by atoms with Crippen molar-refractivity contribution in [2.24, 2.45) is 0 Å². The Morgan fingerprint density at radius 1 is 0.773 bits per heavy atom. The van der Waals surface area contributed by atoms with Crippen molar-refractivity contribution in [3.63, 3.8) is 0 Å². The molecule has 0 bridgehead atoms. The van der Waals surface area contributed by atoms with Gasteiger partial charge in [0.1, 0.15) is 5.82 Å². The molecule has 0 heterocycles. The largest absolute Gasteiger partial charge is 0.207 e. The average Bonchev–Trinajstić information content (AvgIpc) is 2.51. The summed E-state index contributed by atoms with van der Waals surface area (Å²) in [4.78, 5) is 3.41. The van der Waals surface area contributed by atoms with E-state index in [1.165, 1.54) is 25.0 Å². The highest BCUT2D eigenvalue weighted by Crippen LogP contribution is 2.31. The minimum Gasteiger partial charge on any atom is -0.207 e. The summed E-state index contributed by atoms with van der Waals surface area (Å²) in [5.41, 5.74) is 1.23. The van der Waals surface area contributed by atoms with Crippen LogP contribution in [0.15, 0.2) is 87.5 Å². The number of benzene rings is 3. The zero-order valence-electron chi connectivity index (χ0n) is 12.1. The fourth-order valence-corrected chi connectivity index (χ4v) is 4.68. The second kappa shape index (κ2) is 6.84. The summed E-state index contributed by atoms with van der Waals surface area (Å²) in [6, 6.07) is 23.9. The standard InChI is InChI=1S/C19H15FIS/c1-14-5-9-17(10-6-14)22(18-11-7-16(21)8-12-18)19-4-2-3-15(20)13-19/h2-13H,1H3/q+1. The number of halogens is 2. The second-order valence-corrected chi connectivity index (χ2v) is 8.30. The highest BCUT2D eigenvalue weighted by molar-refractivity contribution is 14.1. The Hall–Kier alpha value is -1.33. The molecule has 0 spiro atoms. The molecule has 0 aliphatic rings. The number of hydrogen-bond acceptors (Lipinski definition) is 0. The maximum atomic E-state index is 13.7. The Morgan fingerprint density at radius 2 is 1.36 bits per heavy atom. The molecule has 3 heteroatoms. The molecule has 0 nitrogen and oxygen atoms in total. The molecule has 0 aromatic heterocycles. The van der Waals surface area contributed by atoms with Gasteiger partial charge in [-0.3, -0.25) is 0 Å². The second-order valence-electron chi connectivity index (χ2n) is 5.03. The average molecular weight is 421 g/mol. The normalized spacial score (nSPS) is 12.1. The van der Waals surface area contributed by atoms with Crippen molar-refractivity contribution in [2.45, 2.75) is 21.6 Å². The first-order valence-electron chi connectivity index (χ1n) is 6.95. The van der Waals surface area contributed by atoms with Crippen LogP contribution in [0.3, 0.4) is 0 Å². The molecule has 0 aliphatic heterocycles. The van der Waals surface area contributed by atoms with Gasteiger partial charge >= 0.3 is 0 Å². The summed E-state index contributed by atoms with van der Waals surface area (Å²) >= 11 is 2.30. The van der Waals surface area contributed by atoms with Gasteiger partial charge in [0.2, 0.25) is 0 Å². The third-order valence-corrected chi connectivity index (χ3v) is 6.27. The molecule has 1 atom stereocenters. The van der Waals surface area contributed by atoms with Crippen molar-refractivity contribution >= 4 is 33.5 Å². The molecule has 110 valence electrons. The molecule has 22 heavy (non-hydrogen) atoms. The van der Waals surface area contributed by atoms with Gasteiger partial charge in [0.05, 0.1) is 10.9 Å². The van der Waals surface area contributed by atoms with Gasteiger partial charge in [0, 0.05) is 9.64 Å². The fraction of sp³-hybridized carbons (Fsp3) is 0.0526. The highest BCUT2D eigenvalue weighted by atomic mass is 127. The molecule has 3 aromatic carbocycles. The monoisotopic (exact) mass is 421 g/mol. The molecule has 0 saturated carbocycles. The van der Waals surface area contributed by atoms with E-state index in [2.05, 4.69) is 78.0 Å². The van der Waals surface area contributed by atoms with Gasteiger partial charge in [-0.1, -0.05) is 23.8 Å². The zero-order chi connectivity index (χ0) is 15.5. The van der Waals surface area contributed by atoms with Crippen LogP contribution in [-0.2, 0) is 10.9 Å². The molecule has 0 aliphatic carbocycles. The third kappa shape index (κ3) is 3.52. The lowest BCUT2D eigenvalue weighted by atomic mass is 10.2. The molecule has 3 aromatic rings. The van der Waals surface area contributed by atoms with E-state index >= 15 is 0 Å². The lowest BCUT2D eigenvalue weighted by Gasteiger charge is -2.08. The van der Waals surface area contributed by atoms with E-state index in [0.29, 0.717) is 0 Å². The molecule has 0 amide bonds. The van der Waals surface area contributed by atoms with Crippen molar-refractivity contribution < 1.29 is 4.39 Å². The lowest BCUT2D eigenvalue weighted by molar-refractivity contribution is 0.624. The van der Waals surface area contributed by atoms with Gasteiger partial charge in [-0.2, -0.15) is 0 Å². The lowest BCUT2D eigenvalue weighted by Crippen LogP contribution is -2.05. The van der Waals surface area contributed by atoms with Crippen LogP contribution < -0.4 is 0 Å². The molecule has 3 rings (SSSR count). The van der Waals surface area contributed by atoms with Gasteiger partial charge in [-0.15, -0.1) is 0 Å². The Kier molecular flexibility index (Phi) is 4.84. The van der Waals surface area contributed by atoms with E-state index in [4.69, 9.17) is 0 Å². The summed E-state index contributed by atoms with van der Waals surface area (Å²) in [6.07, 6.45) is 0. The third-order valence-electron chi connectivity index (χ3n) is 3.34. The minimum atomic E-state index is -0.285. The quantitative estimate of drug-likeness (QED) is 0.369. The smallest absolute Gasteiger partial charge is 0.169 e. The predicted octanol–water partition coefficient (Wildman–Crippen LogP) is 5.83. The van der Waals surface area contributed by atoms with E-state index in [-0.39, 0.29) is 16.7 Å². The number of hydrogen-bond donors (Lipinski definition) is 0. The first-order chi connectivity index (χ1) is 10.6. The number of rotatable bonds is 3. The fourth-order valence-electron chi connectivity index (χ4n) is 2.25. The van der Waals surface area contributed by atoms with Crippen molar-refractivity contribution in [2.75, 3.05) is 0 Å². The minimum absolute atomic E-state index is 0.187. The van der Waals surface area contributed by atoms with Crippen LogP contribution in [-0.4, -0.2) is 0 Å². The van der Waals surface area contributed by atoms with Crippen LogP contribution in [0.1, 0.15) is 5.56 Å². The van der Waals surface area contributed by atoms with Gasteiger partial charge in [0.15, 0.2) is 14.7 Å². The van der Waals surface area contributed by atoms with Crippen molar-refractivity contribution in [3.05, 3.63) is 87.7 Å². The van der Waals surface area contributed by atoms with E-state index in [1.807, 2.05) is 6.07 Å². The topological polar surface area (TPSA) is 0 Å². The van der Waals surface area contributed by atoms with Crippen molar-refractivity contribution in [1.29, 1.82) is 0 Å². The highest BCUT2D eigenvalue weighted by Gasteiger charge is 2.28. The zero-order valence-corrected chi connectivity index (χ0v) is 15.1. The summed E-state index contributed by atoms with van der Waals surface area (Å²) in [7, 11) is -0.285. The molecule has 0 fully saturated rings. The Bertz CT molecular complexity index is 721. The van der Waals surface area contributed by atoms with Gasteiger partial charge in [-0.05, 0) is 78.0 Å². The van der Waals surface area contributed by atoms with Crippen LogP contribution in [0.2, 0.25) is 0 Å². The van der Waals surface area contributed by atoms with Crippen LogP contribution in [0, 0.1) is 16.3 Å². The molecular formula is C19H15FIS+. The van der Waals surface area contributed by atoms with Crippen LogP contribution in [0.4, 0.5) is 4.39 Å². The van der Waals surface area contributed by atoms with Crippen LogP contribution in [0.25, 0.3) is 0 Å². The predicted molar refractivity (Wildman–Crippen MR) is 98.9 cm³/mol. The Labute approximate surface area is 146 Å². The van der Waals surface area contributed by atoms with Crippen LogP contribution >= 0.6 is 22.6 Å². The van der Waals surface area contributed by atoms with Gasteiger partial charge in [0.25, 0.3) is 0 Å². The van der Waals surface area contributed by atoms with Crippen LogP contribution in [0.5, 0.6) is 0 Å².